The van der Waals surface area contributed by atoms with E-state index in [0.29, 0.717) is 18.1 Å². The number of nitrogens with zero attached hydrogens (tertiary/aromatic N) is 3. The molecule has 0 radical (unpaired) electrons. The van der Waals surface area contributed by atoms with Crippen LogP contribution in [-0.4, -0.2) is 36.2 Å². The van der Waals surface area contributed by atoms with E-state index < -0.39 is 0 Å². The molecule has 1 saturated carbocycles. The molecule has 124 valence electrons. The molecule has 1 aromatic rings. The highest BCUT2D eigenvalue weighted by Gasteiger charge is 2.13. The molecule has 1 fully saturated rings. The topological polar surface area (TPSA) is 75.3 Å². The van der Waals surface area contributed by atoms with Crippen LogP contribution in [0.3, 0.4) is 0 Å². The molecule has 1 aliphatic carbocycles. The van der Waals surface area contributed by atoms with E-state index >= 15 is 0 Å². The van der Waals surface area contributed by atoms with E-state index in [4.69, 9.17) is 4.52 Å². The van der Waals surface area contributed by atoms with Crippen molar-refractivity contribution >= 4 is 5.96 Å². The Morgan fingerprint density at radius 3 is 2.68 bits per heavy atom. The molecule has 1 aromatic heterocycles. The number of hydrogen-bond donors (Lipinski definition) is 2. The third-order valence-electron chi connectivity index (χ3n) is 4.23. The third kappa shape index (κ3) is 6.03. The molecule has 2 N–H and O–H groups in total. The fourth-order valence-corrected chi connectivity index (χ4v) is 3.01. The summed E-state index contributed by atoms with van der Waals surface area (Å²) in [5.41, 5.74) is 0. The SMILES string of the molecule is CN=C(NCCCCC1CCCC1)NCCc1nc(C)no1. The van der Waals surface area contributed by atoms with Crippen molar-refractivity contribution < 1.29 is 4.52 Å². The Morgan fingerprint density at radius 1 is 1.23 bits per heavy atom. The summed E-state index contributed by atoms with van der Waals surface area (Å²) in [7, 11) is 1.80. The minimum atomic E-state index is 0.664. The fourth-order valence-electron chi connectivity index (χ4n) is 3.01. The molecule has 0 aliphatic heterocycles. The minimum absolute atomic E-state index is 0.664. The zero-order chi connectivity index (χ0) is 15.6. The first kappa shape index (κ1) is 16.8. The summed E-state index contributed by atoms with van der Waals surface area (Å²) in [5, 5.41) is 10.4. The summed E-state index contributed by atoms with van der Waals surface area (Å²) in [5.74, 6) is 3.18. The second-order valence-electron chi connectivity index (χ2n) is 6.06. The Labute approximate surface area is 133 Å². The van der Waals surface area contributed by atoms with E-state index in [0.717, 1.165) is 25.0 Å². The van der Waals surface area contributed by atoms with Gasteiger partial charge >= 0.3 is 0 Å². The molecule has 1 aliphatic rings. The Balaban J connectivity index is 1.51. The number of guanidine groups is 1. The van der Waals surface area contributed by atoms with Crippen LogP contribution in [0.2, 0.25) is 0 Å². The van der Waals surface area contributed by atoms with Crippen LogP contribution >= 0.6 is 0 Å². The zero-order valence-corrected chi connectivity index (χ0v) is 13.9. The number of aliphatic imine (C=N–C) groups is 1. The summed E-state index contributed by atoms with van der Waals surface area (Å²) in [6.45, 7) is 3.54. The number of aryl methyl sites for hydroxylation is 1. The predicted molar refractivity (Wildman–Crippen MR) is 87.9 cm³/mol. The van der Waals surface area contributed by atoms with E-state index in [9.17, 15) is 0 Å². The first-order chi connectivity index (χ1) is 10.8. The monoisotopic (exact) mass is 307 g/mol. The third-order valence-corrected chi connectivity index (χ3v) is 4.23. The maximum atomic E-state index is 5.08. The molecule has 0 spiro atoms. The van der Waals surface area contributed by atoms with Crippen molar-refractivity contribution in [2.75, 3.05) is 20.1 Å². The summed E-state index contributed by atoms with van der Waals surface area (Å²) in [6.07, 6.45) is 10.4. The summed E-state index contributed by atoms with van der Waals surface area (Å²) >= 11 is 0. The van der Waals surface area contributed by atoms with E-state index in [1.54, 1.807) is 7.05 Å². The maximum Gasteiger partial charge on any atom is 0.228 e. The van der Waals surface area contributed by atoms with Crippen LogP contribution in [0, 0.1) is 12.8 Å². The van der Waals surface area contributed by atoms with Crippen LogP contribution in [0.1, 0.15) is 56.7 Å². The van der Waals surface area contributed by atoms with Gasteiger partial charge in [0.15, 0.2) is 11.8 Å². The van der Waals surface area contributed by atoms with Crippen LogP contribution in [0.4, 0.5) is 0 Å². The first-order valence-electron chi connectivity index (χ1n) is 8.51. The molecule has 0 atom stereocenters. The standard InChI is InChI=1S/C16H29N5O/c1-13-20-15(22-21-13)10-12-19-16(17-2)18-11-6-5-9-14-7-3-4-8-14/h14H,3-12H2,1-2H3,(H2,17,18,19). The molecule has 0 unspecified atom stereocenters. The van der Waals surface area contributed by atoms with E-state index in [1.807, 2.05) is 6.92 Å². The van der Waals surface area contributed by atoms with Gasteiger partial charge in [0.2, 0.25) is 5.89 Å². The van der Waals surface area contributed by atoms with Crippen LogP contribution < -0.4 is 10.6 Å². The molecule has 0 aromatic carbocycles. The predicted octanol–water partition coefficient (Wildman–Crippen LogP) is 2.45. The molecule has 1 heterocycles. The van der Waals surface area contributed by atoms with Gasteiger partial charge in [-0.05, 0) is 19.3 Å². The lowest BCUT2D eigenvalue weighted by molar-refractivity contribution is 0.374. The zero-order valence-electron chi connectivity index (χ0n) is 13.9. The largest absolute Gasteiger partial charge is 0.356 e. The fraction of sp³-hybridized carbons (Fsp3) is 0.812. The number of hydrogen-bond acceptors (Lipinski definition) is 4. The molecule has 22 heavy (non-hydrogen) atoms. The smallest absolute Gasteiger partial charge is 0.228 e. The van der Waals surface area contributed by atoms with Crippen molar-refractivity contribution in [3.63, 3.8) is 0 Å². The van der Waals surface area contributed by atoms with Crippen molar-refractivity contribution in [1.82, 2.24) is 20.8 Å². The van der Waals surface area contributed by atoms with Crippen molar-refractivity contribution in [3.05, 3.63) is 11.7 Å². The first-order valence-corrected chi connectivity index (χ1v) is 8.51. The molecule has 0 saturated heterocycles. The number of rotatable bonds is 8. The average molecular weight is 307 g/mol. The van der Waals surface area contributed by atoms with Gasteiger partial charge in [-0.3, -0.25) is 4.99 Å². The molecule has 0 bridgehead atoms. The van der Waals surface area contributed by atoms with Crippen LogP contribution in [0.5, 0.6) is 0 Å². The van der Waals surface area contributed by atoms with Gasteiger partial charge in [0.1, 0.15) is 0 Å². The highest BCUT2D eigenvalue weighted by Crippen LogP contribution is 2.28. The minimum Gasteiger partial charge on any atom is -0.356 e. The van der Waals surface area contributed by atoms with E-state index in [2.05, 4.69) is 25.8 Å². The summed E-state index contributed by atoms with van der Waals surface area (Å²) < 4.78 is 5.08. The lowest BCUT2D eigenvalue weighted by Crippen LogP contribution is -2.38. The van der Waals surface area contributed by atoms with Gasteiger partial charge in [0.05, 0.1) is 0 Å². The van der Waals surface area contributed by atoms with Gasteiger partial charge in [-0.25, -0.2) is 0 Å². The van der Waals surface area contributed by atoms with Gasteiger partial charge in [-0.2, -0.15) is 4.98 Å². The Kier molecular flexibility index (Phi) is 7.19. The van der Waals surface area contributed by atoms with Crippen molar-refractivity contribution in [2.45, 2.75) is 58.3 Å². The van der Waals surface area contributed by atoms with Gasteiger partial charge in [0, 0.05) is 26.6 Å². The lowest BCUT2D eigenvalue weighted by Gasteiger charge is -2.12. The quantitative estimate of drug-likeness (QED) is 0.438. The Hall–Kier alpha value is -1.59. The molecule has 2 rings (SSSR count). The molecular weight excluding hydrogens is 278 g/mol. The number of unbranched alkanes of at least 4 members (excludes halogenated alkanes) is 1. The highest BCUT2D eigenvalue weighted by molar-refractivity contribution is 5.79. The second-order valence-corrected chi connectivity index (χ2v) is 6.06. The Bertz CT molecular complexity index is 451. The number of aromatic nitrogens is 2. The number of nitrogens with one attached hydrogen (secondary N) is 2. The molecular formula is C16H29N5O. The van der Waals surface area contributed by atoms with Gasteiger partial charge in [-0.1, -0.05) is 43.7 Å². The lowest BCUT2D eigenvalue weighted by atomic mass is 10.0. The van der Waals surface area contributed by atoms with E-state index in [-0.39, 0.29) is 0 Å². The van der Waals surface area contributed by atoms with Crippen molar-refractivity contribution in [3.8, 4) is 0 Å². The normalized spacial score (nSPS) is 16.2. The summed E-state index contributed by atoms with van der Waals surface area (Å²) in [6, 6.07) is 0. The highest BCUT2D eigenvalue weighted by atomic mass is 16.5. The van der Waals surface area contributed by atoms with Crippen LogP contribution in [0.25, 0.3) is 0 Å². The van der Waals surface area contributed by atoms with Crippen LogP contribution in [-0.2, 0) is 6.42 Å². The second kappa shape index (κ2) is 9.43. The molecule has 6 nitrogen and oxygen atoms in total. The average Bonchev–Trinajstić information content (AvgIpc) is 3.17. The molecule has 6 heteroatoms. The van der Waals surface area contributed by atoms with Gasteiger partial charge in [0.25, 0.3) is 0 Å². The van der Waals surface area contributed by atoms with Crippen molar-refractivity contribution in [2.24, 2.45) is 10.9 Å². The van der Waals surface area contributed by atoms with Crippen LogP contribution in [0.15, 0.2) is 9.52 Å². The Morgan fingerprint density at radius 2 is 2.00 bits per heavy atom. The molecule has 0 amide bonds. The van der Waals surface area contributed by atoms with Gasteiger partial charge in [-0.15, -0.1) is 0 Å². The van der Waals surface area contributed by atoms with Gasteiger partial charge < -0.3 is 15.2 Å². The van der Waals surface area contributed by atoms with E-state index in [1.165, 1.54) is 44.9 Å². The maximum absolute atomic E-state index is 5.08. The summed E-state index contributed by atoms with van der Waals surface area (Å²) in [4.78, 5) is 8.41. The van der Waals surface area contributed by atoms with Crippen molar-refractivity contribution in [1.29, 1.82) is 0 Å².